The third-order valence-corrected chi connectivity index (χ3v) is 4.75. The molecule has 0 saturated heterocycles. The fourth-order valence-corrected chi connectivity index (χ4v) is 3.39. The van der Waals surface area contributed by atoms with Gasteiger partial charge in [0.15, 0.2) is 16.4 Å². The highest BCUT2D eigenvalue weighted by Crippen LogP contribution is 2.37. The molecular weight excluding hydrogens is 388 g/mol. The van der Waals surface area contributed by atoms with E-state index in [0.29, 0.717) is 0 Å². The molecule has 0 radical (unpaired) electrons. The number of allylic oxidation sites excluding steroid dienone is 2. The summed E-state index contributed by atoms with van der Waals surface area (Å²) in [7, 11) is 0. The number of fused-ring (bicyclic) bond motifs is 2. The number of aromatic hydroxyl groups is 2. The lowest BCUT2D eigenvalue weighted by atomic mass is 9.97. The van der Waals surface area contributed by atoms with Gasteiger partial charge in [0.25, 0.3) is 0 Å². The molecule has 0 atom stereocenters. The van der Waals surface area contributed by atoms with Gasteiger partial charge in [-0.3, -0.25) is 9.59 Å². The van der Waals surface area contributed by atoms with Crippen LogP contribution in [-0.4, -0.2) is 26.0 Å². The zero-order valence-corrected chi connectivity index (χ0v) is 17.2. The molecule has 3 rings (SSSR count). The first-order valence-electron chi connectivity index (χ1n) is 9.46. The van der Waals surface area contributed by atoms with Crippen LogP contribution in [0, 0.1) is 0 Å². The first-order chi connectivity index (χ1) is 13.9. The van der Waals surface area contributed by atoms with Gasteiger partial charge in [0.1, 0.15) is 38.8 Å². The summed E-state index contributed by atoms with van der Waals surface area (Å²) in [5.74, 6) is -1.50. The van der Waals surface area contributed by atoms with Gasteiger partial charge in [-0.15, -0.1) is 0 Å². The van der Waals surface area contributed by atoms with Crippen LogP contribution in [0.25, 0.3) is 27.7 Å². The van der Waals surface area contributed by atoms with Crippen molar-refractivity contribution in [1.29, 1.82) is 0 Å². The van der Waals surface area contributed by atoms with Gasteiger partial charge < -0.3 is 24.8 Å². The average molecular weight is 412 g/mol. The molecule has 1 heterocycles. The molecule has 0 fully saturated rings. The number of phenolic OH excluding ortho intramolecular Hbond substituents is 1. The van der Waals surface area contributed by atoms with E-state index in [4.69, 9.17) is 4.42 Å². The largest absolute Gasteiger partial charge is 0.511 e. The Morgan fingerprint density at radius 3 is 2.37 bits per heavy atom. The fraction of sp³-hybridized carbons (Fsp3) is 0.304. The highest BCUT2D eigenvalue weighted by molar-refractivity contribution is 6.02. The monoisotopic (exact) mass is 412 g/mol. The zero-order chi connectivity index (χ0) is 22.4. The van der Waals surface area contributed by atoms with Crippen molar-refractivity contribution in [2.45, 2.75) is 46.1 Å². The lowest BCUT2D eigenvalue weighted by Crippen LogP contribution is -2.33. The van der Waals surface area contributed by atoms with Crippen LogP contribution < -0.4 is 16.1 Å². The summed E-state index contributed by atoms with van der Waals surface area (Å²) in [6, 6.07) is 4.11. The van der Waals surface area contributed by atoms with Gasteiger partial charge >= 0.3 is 0 Å². The van der Waals surface area contributed by atoms with Crippen LogP contribution in [0.5, 0.6) is 11.5 Å². The number of rotatable bonds is 4. The van der Waals surface area contributed by atoms with Crippen LogP contribution in [0.1, 0.15) is 39.7 Å². The van der Waals surface area contributed by atoms with Gasteiger partial charge in [-0.2, -0.15) is 0 Å². The second kappa shape index (κ2) is 7.50. The van der Waals surface area contributed by atoms with Gasteiger partial charge in [-0.1, -0.05) is 17.7 Å². The Balaban J connectivity index is 2.63. The first-order valence-corrected chi connectivity index (χ1v) is 9.46. The molecule has 0 spiro atoms. The van der Waals surface area contributed by atoms with Crippen molar-refractivity contribution in [2.75, 3.05) is 0 Å². The molecule has 0 aliphatic rings. The summed E-state index contributed by atoms with van der Waals surface area (Å²) in [4.78, 5) is 25.5. The van der Waals surface area contributed by atoms with Crippen molar-refractivity contribution >= 4 is 27.7 Å². The summed E-state index contributed by atoms with van der Waals surface area (Å²) < 4.78 is 5.72. The van der Waals surface area contributed by atoms with Crippen molar-refractivity contribution in [3.63, 3.8) is 0 Å². The van der Waals surface area contributed by atoms with Crippen LogP contribution in [0.2, 0.25) is 0 Å². The van der Waals surface area contributed by atoms with E-state index in [0.717, 1.165) is 5.57 Å². The SMILES string of the molecule is CC(C)=CCc1c(O)c2c(O)c3c(=O)cccc3oc2c(=C(O)CC(C)(C)O)c1=O. The molecule has 7 heteroatoms. The lowest BCUT2D eigenvalue weighted by molar-refractivity contribution is 0.0796. The molecule has 0 amide bonds. The third-order valence-electron chi connectivity index (χ3n) is 4.75. The quantitative estimate of drug-likeness (QED) is 0.383. The number of aliphatic hydroxyl groups is 2. The fourth-order valence-electron chi connectivity index (χ4n) is 3.39. The maximum absolute atomic E-state index is 13.2. The van der Waals surface area contributed by atoms with E-state index in [-0.39, 0.29) is 45.6 Å². The third kappa shape index (κ3) is 3.76. The smallest absolute Gasteiger partial charge is 0.200 e. The Kier molecular flexibility index (Phi) is 5.34. The Bertz CT molecular complexity index is 1350. The molecule has 0 bridgehead atoms. The Labute approximate surface area is 171 Å². The minimum absolute atomic E-state index is 0.000608. The number of aliphatic hydroxyl groups excluding tert-OH is 1. The van der Waals surface area contributed by atoms with E-state index in [1.165, 1.54) is 32.0 Å². The van der Waals surface area contributed by atoms with Crippen LogP contribution in [0.15, 0.2) is 43.9 Å². The Morgan fingerprint density at radius 2 is 1.77 bits per heavy atom. The minimum atomic E-state index is -1.33. The van der Waals surface area contributed by atoms with Crippen molar-refractivity contribution in [1.82, 2.24) is 0 Å². The van der Waals surface area contributed by atoms with Crippen molar-refractivity contribution in [3.8, 4) is 11.5 Å². The number of benzene rings is 2. The van der Waals surface area contributed by atoms with E-state index in [1.54, 1.807) is 6.08 Å². The van der Waals surface area contributed by atoms with Crippen LogP contribution in [-0.2, 0) is 6.42 Å². The van der Waals surface area contributed by atoms with Crippen molar-refractivity contribution in [3.05, 3.63) is 61.1 Å². The molecule has 0 saturated carbocycles. The molecule has 158 valence electrons. The van der Waals surface area contributed by atoms with E-state index in [2.05, 4.69) is 0 Å². The van der Waals surface area contributed by atoms with Gasteiger partial charge in [-0.05, 0) is 46.2 Å². The van der Waals surface area contributed by atoms with E-state index in [1.807, 2.05) is 13.8 Å². The summed E-state index contributed by atoms with van der Waals surface area (Å²) in [6.45, 7) is 6.58. The normalized spacial score (nSPS) is 13.0. The number of hydrogen-bond acceptors (Lipinski definition) is 7. The Morgan fingerprint density at radius 1 is 1.10 bits per heavy atom. The summed E-state index contributed by atoms with van der Waals surface area (Å²) in [6.07, 6.45) is 1.50. The summed E-state index contributed by atoms with van der Waals surface area (Å²) in [5, 5.41) is 41.8. The molecule has 4 N–H and O–H groups in total. The molecule has 0 unspecified atom stereocenters. The van der Waals surface area contributed by atoms with Gasteiger partial charge in [0.2, 0.25) is 0 Å². The van der Waals surface area contributed by atoms with Gasteiger partial charge in [-0.25, -0.2) is 0 Å². The molecule has 0 aliphatic carbocycles. The minimum Gasteiger partial charge on any atom is -0.511 e. The first kappa shape index (κ1) is 21.4. The Hall–Kier alpha value is -3.32. The standard InChI is InChI=1S/C23H24O7/c1-11(2)8-9-12-19(26)17(14(25)10-23(3,4)29)22-18(20(12)27)21(28)16-13(24)6-5-7-15(16)30-22/h5-8,25,27-29H,9-10H2,1-4H3. The average Bonchev–Trinajstić information content (AvgIpc) is 2.59. The maximum atomic E-state index is 13.2. The predicted octanol–water partition coefficient (Wildman–Crippen LogP) is 2.77. The van der Waals surface area contributed by atoms with Crippen LogP contribution in [0.4, 0.5) is 0 Å². The lowest BCUT2D eigenvalue weighted by Gasteiger charge is -2.17. The molecule has 0 aliphatic heterocycles. The van der Waals surface area contributed by atoms with Gasteiger partial charge in [0.05, 0.1) is 5.60 Å². The number of phenols is 1. The topological polar surface area (TPSA) is 128 Å². The van der Waals surface area contributed by atoms with Crippen molar-refractivity contribution in [2.24, 2.45) is 0 Å². The molecule has 30 heavy (non-hydrogen) atoms. The number of hydrogen-bond donors (Lipinski definition) is 4. The summed E-state index contributed by atoms with van der Waals surface area (Å²) in [5.41, 5.74) is -1.94. The molecule has 2 aromatic carbocycles. The van der Waals surface area contributed by atoms with E-state index in [9.17, 15) is 30.0 Å². The maximum Gasteiger partial charge on any atom is 0.200 e. The molecule has 1 aromatic heterocycles. The van der Waals surface area contributed by atoms with Gasteiger partial charge in [0, 0.05) is 12.0 Å². The van der Waals surface area contributed by atoms with Crippen LogP contribution in [0.3, 0.4) is 0 Å². The highest BCUT2D eigenvalue weighted by atomic mass is 16.3. The molecule has 3 aromatic rings. The second-order valence-corrected chi connectivity index (χ2v) is 8.24. The van der Waals surface area contributed by atoms with E-state index >= 15 is 0 Å². The van der Waals surface area contributed by atoms with E-state index < -0.39 is 33.7 Å². The highest BCUT2D eigenvalue weighted by Gasteiger charge is 2.25. The van der Waals surface area contributed by atoms with Crippen LogP contribution >= 0.6 is 0 Å². The molecule has 7 nitrogen and oxygen atoms in total. The zero-order valence-electron chi connectivity index (χ0n) is 17.2. The van der Waals surface area contributed by atoms with Crippen molar-refractivity contribution < 1.29 is 24.8 Å². The second-order valence-electron chi connectivity index (χ2n) is 8.24. The summed E-state index contributed by atoms with van der Waals surface area (Å²) >= 11 is 0. The predicted molar refractivity (Wildman–Crippen MR) is 115 cm³/mol. The molecular formula is C23H24O7.